The number of hydrogen-bond acceptors (Lipinski definition) is 6. The van der Waals surface area contributed by atoms with Gasteiger partial charge >= 0.3 is 0 Å². The fourth-order valence-corrected chi connectivity index (χ4v) is 4.50. The van der Waals surface area contributed by atoms with Crippen molar-refractivity contribution in [1.29, 1.82) is 0 Å². The van der Waals surface area contributed by atoms with Crippen molar-refractivity contribution in [3.63, 3.8) is 0 Å². The molecule has 166 valence electrons. The van der Waals surface area contributed by atoms with Crippen molar-refractivity contribution >= 4 is 28.8 Å². The molecule has 0 atom stereocenters. The average molecular weight is 454 g/mol. The van der Waals surface area contributed by atoms with Crippen LogP contribution in [0.4, 0.5) is 10.2 Å². The smallest absolute Gasteiger partial charge is 0.222 e. The summed E-state index contributed by atoms with van der Waals surface area (Å²) in [4.78, 5) is 33.3. The van der Waals surface area contributed by atoms with E-state index in [1.807, 2.05) is 12.1 Å². The molecule has 1 N–H and O–H groups in total. The van der Waals surface area contributed by atoms with Crippen LogP contribution in [0, 0.1) is 5.82 Å². The van der Waals surface area contributed by atoms with Gasteiger partial charge in [0.1, 0.15) is 22.4 Å². The van der Waals surface area contributed by atoms with Crippen LogP contribution >= 0.6 is 11.3 Å². The number of ketones is 1. The van der Waals surface area contributed by atoms with Crippen molar-refractivity contribution < 1.29 is 18.7 Å². The van der Waals surface area contributed by atoms with Crippen molar-refractivity contribution in [3.05, 3.63) is 75.1 Å². The van der Waals surface area contributed by atoms with Crippen LogP contribution in [0.25, 0.3) is 0 Å². The number of benzene rings is 1. The number of nitrogens with zero attached hydrogens (tertiary/aromatic N) is 2. The molecule has 0 unspecified atom stereocenters. The Labute approximate surface area is 189 Å². The number of Topliss-reactive ketones (excluding diaryl/α,β-unsaturated/α-hetero) is 1. The lowest BCUT2D eigenvalue weighted by atomic mass is 9.94. The predicted molar refractivity (Wildman–Crippen MR) is 120 cm³/mol. The molecule has 6 nitrogen and oxygen atoms in total. The number of aromatic nitrogens is 2. The number of carbonyl (C=O) groups excluding carboxylic acids is 2. The minimum Gasteiger partial charge on any atom is -0.380 e. The zero-order valence-corrected chi connectivity index (χ0v) is 18.6. The normalized spacial score (nSPS) is 13.6. The van der Waals surface area contributed by atoms with Crippen LogP contribution in [0.1, 0.15) is 39.4 Å². The third kappa shape index (κ3) is 5.83. The summed E-state index contributed by atoms with van der Waals surface area (Å²) in [7, 11) is 0. The van der Waals surface area contributed by atoms with Gasteiger partial charge in [0.25, 0.3) is 0 Å². The zero-order valence-electron chi connectivity index (χ0n) is 17.8. The van der Waals surface area contributed by atoms with Gasteiger partial charge in [0.15, 0.2) is 0 Å². The Morgan fingerprint density at radius 3 is 2.75 bits per heavy atom. The number of anilines is 1. The largest absolute Gasteiger partial charge is 0.380 e. The molecule has 1 aromatic carbocycles. The van der Waals surface area contributed by atoms with Gasteiger partial charge in [0, 0.05) is 36.5 Å². The van der Waals surface area contributed by atoms with E-state index in [9.17, 15) is 14.0 Å². The third-order valence-corrected chi connectivity index (χ3v) is 6.36. The molecule has 1 fully saturated rings. The van der Waals surface area contributed by atoms with Crippen molar-refractivity contribution in [1.82, 2.24) is 9.97 Å². The lowest BCUT2D eigenvalue weighted by molar-refractivity contribution is -0.118. The SMILES string of the molecule is CC(=O)Nc1cc(CCc2cnc(CC(=O)Cc3cc(C4COC4)ccc3F)s2)ccn1. The molecule has 0 spiro atoms. The monoisotopic (exact) mass is 453 g/mol. The van der Waals surface area contributed by atoms with Gasteiger partial charge in [-0.3, -0.25) is 9.59 Å². The molecular formula is C24H24FN3O3S. The Balaban J connectivity index is 1.31. The number of pyridine rings is 1. The van der Waals surface area contributed by atoms with Crippen LogP contribution in [0.15, 0.2) is 42.7 Å². The maximum atomic E-state index is 14.2. The predicted octanol–water partition coefficient (Wildman–Crippen LogP) is 3.89. The fraction of sp³-hybridized carbons (Fsp3) is 0.333. The first-order chi connectivity index (χ1) is 15.5. The molecular weight excluding hydrogens is 429 g/mol. The summed E-state index contributed by atoms with van der Waals surface area (Å²) in [5, 5.41) is 3.42. The topological polar surface area (TPSA) is 81.2 Å². The van der Waals surface area contributed by atoms with E-state index in [1.54, 1.807) is 24.5 Å². The van der Waals surface area contributed by atoms with E-state index in [0.717, 1.165) is 33.9 Å². The maximum absolute atomic E-state index is 14.2. The number of amides is 1. The van der Waals surface area contributed by atoms with E-state index in [-0.39, 0.29) is 30.3 Å². The quantitative estimate of drug-likeness (QED) is 0.532. The van der Waals surface area contributed by atoms with E-state index in [0.29, 0.717) is 30.5 Å². The Bertz CT molecular complexity index is 1130. The molecule has 32 heavy (non-hydrogen) atoms. The Morgan fingerprint density at radius 2 is 2.00 bits per heavy atom. The highest BCUT2D eigenvalue weighted by Crippen LogP contribution is 2.26. The van der Waals surface area contributed by atoms with Crippen LogP contribution in [0.2, 0.25) is 0 Å². The zero-order chi connectivity index (χ0) is 22.5. The molecule has 8 heteroatoms. The lowest BCUT2D eigenvalue weighted by Crippen LogP contribution is -2.25. The maximum Gasteiger partial charge on any atom is 0.222 e. The van der Waals surface area contributed by atoms with Crippen LogP contribution in [-0.4, -0.2) is 34.9 Å². The second-order valence-corrected chi connectivity index (χ2v) is 9.13. The molecule has 0 bridgehead atoms. The van der Waals surface area contributed by atoms with E-state index >= 15 is 0 Å². The number of aryl methyl sites for hydroxylation is 2. The van der Waals surface area contributed by atoms with E-state index in [4.69, 9.17) is 4.74 Å². The minimum atomic E-state index is -0.349. The number of nitrogens with one attached hydrogen (secondary N) is 1. The molecule has 1 aliphatic heterocycles. The number of thiazole rings is 1. The van der Waals surface area contributed by atoms with Gasteiger partial charge in [-0.2, -0.15) is 0 Å². The molecule has 2 aromatic heterocycles. The average Bonchev–Trinajstić information content (AvgIpc) is 3.14. The highest BCUT2D eigenvalue weighted by atomic mass is 32.1. The van der Waals surface area contributed by atoms with Crippen LogP contribution in [-0.2, 0) is 40.0 Å². The molecule has 1 amide bonds. The molecule has 1 saturated heterocycles. The number of hydrogen-bond donors (Lipinski definition) is 1. The van der Waals surface area contributed by atoms with Crippen molar-refractivity contribution in [2.24, 2.45) is 0 Å². The van der Waals surface area contributed by atoms with Crippen molar-refractivity contribution in [2.45, 2.75) is 38.5 Å². The first kappa shape index (κ1) is 22.2. The summed E-state index contributed by atoms with van der Waals surface area (Å²) in [6.07, 6.45) is 5.27. The fourth-order valence-electron chi connectivity index (χ4n) is 3.55. The summed E-state index contributed by atoms with van der Waals surface area (Å²) in [6, 6.07) is 8.76. The summed E-state index contributed by atoms with van der Waals surface area (Å²) < 4.78 is 19.4. The van der Waals surface area contributed by atoms with Gasteiger partial charge in [-0.1, -0.05) is 12.1 Å². The summed E-state index contributed by atoms with van der Waals surface area (Å²) in [5.41, 5.74) is 2.51. The van der Waals surface area contributed by atoms with E-state index in [1.165, 1.54) is 24.3 Å². The van der Waals surface area contributed by atoms with Gasteiger partial charge in [0.05, 0.1) is 19.6 Å². The number of rotatable bonds is 9. The summed E-state index contributed by atoms with van der Waals surface area (Å²) in [5.74, 6) is 0.265. The molecule has 3 heterocycles. The minimum absolute atomic E-state index is 0.0547. The van der Waals surface area contributed by atoms with Crippen LogP contribution < -0.4 is 5.32 Å². The highest BCUT2D eigenvalue weighted by molar-refractivity contribution is 7.11. The van der Waals surface area contributed by atoms with E-state index < -0.39 is 0 Å². The van der Waals surface area contributed by atoms with Gasteiger partial charge in [-0.15, -0.1) is 11.3 Å². The van der Waals surface area contributed by atoms with Crippen molar-refractivity contribution in [3.8, 4) is 0 Å². The Kier molecular flexibility index (Phi) is 7.02. The van der Waals surface area contributed by atoms with Gasteiger partial charge in [-0.25, -0.2) is 14.4 Å². The molecule has 0 radical (unpaired) electrons. The lowest BCUT2D eigenvalue weighted by Gasteiger charge is -2.26. The molecule has 0 aliphatic carbocycles. The Hall–Kier alpha value is -2.97. The highest BCUT2D eigenvalue weighted by Gasteiger charge is 2.22. The van der Waals surface area contributed by atoms with Gasteiger partial charge in [0.2, 0.25) is 5.91 Å². The first-order valence-corrected chi connectivity index (χ1v) is 11.3. The molecule has 3 aromatic rings. The Morgan fingerprint density at radius 1 is 1.16 bits per heavy atom. The second-order valence-electron chi connectivity index (χ2n) is 7.93. The van der Waals surface area contributed by atoms with Crippen LogP contribution in [0.3, 0.4) is 0 Å². The van der Waals surface area contributed by atoms with Gasteiger partial charge in [-0.05, 0) is 47.7 Å². The number of ether oxygens (including phenoxy) is 1. The number of halogens is 1. The molecule has 4 rings (SSSR count). The summed E-state index contributed by atoms with van der Waals surface area (Å²) >= 11 is 1.50. The number of carbonyl (C=O) groups is 2. The first-order valence-electron chi connectivity index (χ1n) is 10.5. The second kappa shape index (κ2) is 10.1. The van der Waals surface area contributed by atoms with Crippen LogP contribution in [0.5, 0.6) is 0 Å². The van der Waals surface area contributed by atoms with E-state index in [2.05, 4.69) is 15.3 Å². The third-order valence-electron chi connectivity index (χ3n) is 5.31. The van der Waals surface area contributed by atoms with Gasteiger partial charge < -0.3 is 10.1 Å². The molecule has 0 saturated carbocycles. The summed E-state index contributed by atoms with van der Waals surface area (Å²) in [6.45, 7) is 2.74. The van der Waals surface area contributed by atoms with Crippen molar-refractivity contribution in [2.75, 3.05) is 18.5 Å². The standard InChI is InChI=1S/C24H24FN3O3S/c1-15(29)28-23-8-16(6-7-26-23)2-4-21-12-27-24(32-21)11-20(30)10-18-9-17(3-5-22(18)25)19-13-31-14-19/h3,5-9,12,19H,2,4,10-11,13-14H2,1H3,(H,26,28,29). The molecule has 1 aliphatic rings.